The minimum Gasteiger partial charge on any atom is -0.379 e. The molecule has 2 atom stereocenters. The van der Waals surface area contributed by atoms with Gasteiger partial charge in [0.2, 0.25) is 0 Å². The molecule has 2 unspecified atom stereocenters. The van der Waals surface area contributed by atoms with Gasteiger partial charge in [-0.15, -0.1) is 0 Å². The second-order valence-corrected chi connectivity index (χ2v) is 5.82. The topological polar surface area (TPSA) is 38.3 Å². The molecule has 98 valence electrons. The van der Waals surface area contributed by atoms with E-state index in [1.165, 1.54) is 3.57 Å². The van der Waals surface area contributed by atoms with Crippen molar-refractivity contribution in [1.29, 1.82) is 0 Å². The lowest BCUT2D eigenvalue weighted by Crippen LogP contribution is -2.39. The summed E-state index contributed by atoms with van der Waals surface area (Å²) in [6, 6.07) is 8.31. The Morgan fingerprint density at radius 3 is 2.78 bits per heavy atom. The van der Waals surface area contributed by atoms with Crippen LogP contribution in [0.5, 0.6) is 0 Å². The van der Waals surface area contributed by atoms with E-state index < -0.39 is 0 Å². The predicted molar refractivity (Wildman–Crippen MR) is 79.6 cm³/mol. The van der Waals surface area contributed by atoms with Crippen LogP contribution >= 0.6 is 22.6 Å². The van der Waals surface area contributed by atoms with E-state index in [1.807, 2.05) is 24.3 Å². The van der Waals surface area contributed by atoms with Gasteiger partial charge in [0, 0.05) is 16.0 Å². The molecule has 1 aliphatic rings. The van der Waals surface area contributed by atoms with E-state index in [4.69, 9.17) is 4.74 Å². The van der Waals surface area contributed by atoms with Gasteiger partial charge in [-0.1, -0.05) is 19.1 Å². The fourth-order valence-electron chi connectivity index (χ4n) is 2.27. The van der Waals surface area contributed by atoms with Gasteiger partial charge in [-0.3, -0.25) is 4.79 Å². The Balaban J connectivity index is 1.96. The van der Waals surface area contributed by atoms with Crippen LogP contribution in [0.25, 0.3) is 0 Å². The zero-order valence-electron chi connectivity index (χ0n) is 10.5. The molecule has 1 saturated heterocycles. The summed E-state index contributed by atoms with van der Waals surface area (Å²) < 4.78 is 6.61. The Morgan fingerprint density at radius 1 is 1.39 bits per heavy atom. The molecule has 1 fully saturated rings. The quantitative estimate of drug-likeness (QED) is 0.818. The molecular formula is C14H18INO2. The highest BCUT2D eigenvalue weighted by Gasteiger charge is 2.32. The van der Waals surface area contributed by atoms with Crippen molar-refractivity contribution < 1.29 is 9.53 Å². The monoisotopic (exact) mass is 359 g/mol. The first kappa shape index (κ1) is 14.0. The maximum absolute atomic E-state index is 12.3. The molecular weight excluding hydrogens is 341 g/mol. The molecule has 0 amide bonds. The zero-order valence-corrected chi connectivity index (χ0v) is 12.6. The molecule has 1 N–H and O–H groups in total. The average Bonchev–Trinajstić information content (AvgIpc) is 2.81. The summed E-state index contributed by atoms with van der Waals surface area (Å²) in [5.41, 5.74) is 1.09. The first-order valence-corrected chi connectivity index (χ1v) is 7.37. The molecule has 0 spiro atoms. The Labute approximate surface area is 121 Å². The van der Waals surface area contributed by atoms with Gasteiger partial charge in [0.15, 0.2) is 0 Å². The fraction of sp³-hybridized carbons (Fsp3) is 0.500. The molecule has 4 heteroatoms. The summed E-state index contributed by atoms with van der Waals surface area (Å²) >= 11 is 2.27. The first-order chi connectivity index (χ1) is 8.70. The summed E-state index contributed by atoms with van der Waals surface area (Å²) in [5.74, 6) is 0.281. The van der Waals surface area contributed by atoms with Gasteiger partial charge in [-0.05, 0) is 46.8 Å². The summed E-state index contributed by atoms with van der Waals surface area (Å²) in [4.78, 5) is 12.3. The number of hydrogen-bond donors (Lipinski definition) is 1. The van der Waals surface area contributed by atoms with Gasteiger partial charge in [0.05, 0.1) is 19.1 Å². The number of Topliss-reactive ketones (excluding diaryl/α,β-unsaturated/α-hetero) is 1. The Kier molecular flexibility index (Phi) is 5.14. The number of ketones is 1. The van der Waals surface area contributed by atoms with Crippen molar-refractivity contribution in [2.45, 2.75) is 19.4 Å². The zero-order chi connectivity index (χ0) is 13.0. The maximum Gasteiger partial charge on any atom is 0.144 e. The van der Waals surface area contributed by atoms with Gasteiger partial charge in [0.25, 0.3) is 0 Å². The third-order valence-electron chi connectivity index (χ3n) is 3.25. The fourth-order valence-corrected chi connectivity index (χ4v) is 2.63. The number of nitrogens with one attached hydrogen (secondary N) is 1. The van der Waals surface area contributed by atoms with Crippen LogP contribution < -0.4 is 5.32 Å². The molecule has 0 aromatic heterocycles. The van der Waals surface area contributed by atoms with Crippen LogP contribution in [0.2, 0.25) is 0 Å². The second kappa shape index (κ2) is 6.63. The third-order valence-corrected chi connectivity index (χ3v) is 3.97. The Bertz CT molecular complexity index is 405. The summed E-state index contributed by atoms with van der Waals surface area (Å²) in [5, 5.41) is 3.32. The minimum absolute atomic E-state index is 0.00391. The molecule has 3 nitrogen and oxygen atoms in total. The predicted octanol–water partition coefficient (Wildman–Crippen LogP) is 2.03. The highest BCUT2D eigenvalue weighted by atomic mass is 127. The second-order valence-electron chi connectivity index (χ2n) is 4.58. The van der Waals surface area contributed by atoms with Crippen molar-refractivity contribution >= 4 is 28.4 Å². The molecule has 0 radical (unpaired) electrons. The van der Waals surface area contributed by atoms with Crippen LogP contribution in [0.4, 0.5) is 0 Å². The number of carbonyl (C=O) groups excluding carboxylic acids is 1. The van der Waals surface area contributed by atoms with Crippen LogP contribution in [0.1, 0.15) is 12.5 Å². The lowest BCUT2D eigenvalue weighted by Gasteiger charge is -2.17. The van der Waals surface area contributed by atoms with Crippen LogP contribution in [-0.2, 0) is 16.0 Å². The first-order valence-electron chi connectivity index (χ1n) is 6.29. The number of hydrogen-bond acceptors (Lipinski definition) is 3. The van der Waals surface area contributed by atoms with E-state index >= 15 is 0 Å². The van der Waals surface area contributed by atoms with Crippen molar-refractivity contribution in [2.24, 2.45) is 5.92 Å². The third kappa shape index (κ3) is 3.52. The minimum atomic E-state index is 0.00391. The van der Waals surface area contributed by atoms with E-state index in [-0.39, 0.29) is 17.7 Å². The lowest BCUT2D eigenvalue weighted by molar-refractivity contribution is -0.122. The van der Waals surface area contributed by atoms with Crippen LogP contribution in [0, 0.1) is 9.49 Å². The Morgan fingerprint density at radius 2 is 2.11 bits per heavy atom. The molecule has 0 saturated carbocycles. The van der Waals surface area contributed by atoms with Gasteiger partial charge in [0.1, 0.15) is 5.78 Å². The lowest BCUT2D eigenvalue weighted by atomic mass is 9.94. The number of halogens is 1. The van der Waals surface area contributed by atoms with E-state index in [9.17, 15) is 4.79 Å². The molecule has 0 bridgehead atoms. The number of ether oxygens (including phenoxy) is 1. The molecule has 1 aromatic rings. The standard InChI is InChI=1S/C14H18INO2/c1-2-16-13-9-18-8-12(13)14(17)7-10-3-5-11(15)6-4-10/h3-6,12-13,16H,2,7-9H2,1H3. The smallest absolute Gasteiger partial charge is 0.144 e. The van der Waals surface area contributed by atoms with Crippen molar-refractivity contribution in [2.75, 3.05) is 19.8 Å². The molecule has 1 aromatic carbocycles. The van der Waals surface area contributed by atoms with E-state index in [0.717, 1.165) is 12.1 Å². The summed E-state index contributed by atoms with van der Waals surface area (Å²) in [7, 11) is 0. The summed E-state index contributed by atoms with van der Waals surface area (Å²) in [6.07, 6.45) is 0.507. The molecule has 1 aliphatic heterocycles. The molecule has 18 heavy (non-hydrogen) atoms. The normalized spacial score (nSPS) is 23.2. The van der Waals surface area contributed by atoms with E-state index in [1.54, 1.807) is 0 Å². The summed E-state index contributed by atoms with van der Waals surface area (Å²) in [6.45, 7) is 4.14. The van der Waals surface area contributed by atoms with E-state index in [2.05, 4.69) is 34.8 Å². The number of likely N-dealkylation sites (N-methyl/N-ethyl adjacent to an activating group) is 1. The van der Waals surface area contributed by atoms with Crippen molar-refractivity contribution in [1.82, 2.24) is 5.32 Å². The van der Waals surface area contributed by atoms with Crippen molar-refractivity contribution in [3.8, 4) is 0 Å². The van der Waals surface area contributed by atoms with Gasteiger partial charge < -0.3 is 10.1 Å². The molecule has 1 heterocycles. The molecule has 0 aliphatic carbocycles. The van der Waals surface area contributed by atoms with Gasteiger partial charge in [-0.2, -0.15) is 0 Å². The number of benzene rings is 1. The van der Waals surface area contributed by atoms with E-state index in [0.29, 0.717) is 19.6 Å². The van der Waals surface area contributed by atoms with Crippen molar-refractivity contribution in [3.63, 3.8) is 0 Å². The molecule has 2 rings (SSSR count). The number of rotatable bonds is 5. The largest absolute Gasteiger partial charge is 0.379 e. The highest BCUT2D eigenvalue weighted by molar-refractivity contribution is 14.1. The number of carbonyl (C=O) groups is 1. The highest BCUT2D eigenvalue weighted by Crippen LogP contribution is 2.17. The average molecular weight is 359 g/mol. The Hall–Kier alpha value is -0.460. The maximum atomic E-state index is 12.3. The van der Waals surface area contributed by atoms with Crippen LogP contribution in [-0.4, -0.2) is 31.6 Å². The van der Waals surface area contributed by atoms with Gasteiger partial charge in [-0.25, -0.2) is 0 Å². The van der Waals surface area contributed by atoms with Crippen molar-refractivity contribution in [3.05, 3.63) is 33.4 Å². The SMILES string of the molecule is CCNC1COCC1C(=O)Cc1ccc(I)cc1. The van der Waals surface area contributed by atoms with Crippen LogP contribution in [0.3, 0.4) is 0 Å². The van der Waals surface area contributed by atoms with Crippen LogP contribution in [0.15, 0.2) is 24.3 Å². The van der Waals surface area contributed by atoms with Gasteiger partial charge >= 0.3 is 0 Å².